The molecule has 264 valence electrons. The van der Waals surface area contributed by atoms with E-state index in [4.69, 9.17) is 19.9 Å². The zero-order chi connectivity index (χ0) is 36.6. The fourth-order valence-corrected chi connectivity index (χ4v) is 8.77. The van der Waals surface area contributed by atoms with Crippen molar-refractivity contribution in [3.63, 3.8) is 0 Å². The SMILES string of the molecule is c1ccc(-c2cc(-c3ccccc3)nc(-c3cccc(-c4ccc(-c5cc(-c6ccc(C7CC8CCC7C8)cc6)nc(-c6ccccc6)n5)cc4)c3)n2)cc1. The van der Waals surface area contributed by atoms with Crippen molar-refractivity contribution >= 4 is 0 Å². The summed E-state index contributed by atoms with van der Waals surface area (Å²) < 4.78 is 0. The van der Waals surface area contributed by atoms with Gasteiger partial charge in [0.15, 0.2) is 11.6 Å². The number of hydrogen-bond acceptors (Lipinski definition) is 4. The molecule has 3 unspecified atom stereocenters. The second-order valence-corrected chi connectivity index (χ2v) is 15.1. The molecule has 2 aliphatic rings. The molecule has 2 bridgehead atoms. The summed E-state index contributed by atoms with van der Waals surface area (Å²) in [5, 5.41) is 0. The highest BCUT2D eigenvalue weighted by Gasteiger charge is 2.40. The molecule has 3 atom stereocenters. The third-order valence-electron chi connectivity index (χ3n) is 11.6. The highest BCUT2D eigenvalue weighted by Crippen LogP contribution is 2.53. The van der Waals surface area contributed by atoms with E-state index in [1.807, 2.05) is 54.6 Å². The summed E-state index contributed by atoms with van der Waals surface area (Å²) in [6.07, 6.45) is 5.58. The molecule has 0 spiro atoms. The Labute approximate surface area is 322 Å². The number of aromatic nitrogens is 4. The van der Waals surface area contributed by atoms with Gasteiger partial charge in [-0.3, -0.25) is 0 Å². The van der Waals surface area contributed by atoms with Crippen molar-refractivity contribution in [1.29, 1.82) is 0 Å². The van der Waals surface area contributed by atoms with E-state index in [-0.39, 0.29) is 0 Å². The molecule has 2 heterocycles. The summed E-state index contributed by atoms with van der Waals surface area (Å²) in [6, 6.07) is 61.6. The van der Waals surface area contributed by atoms with Crippen LogP contribution in [0.5, 0.6) is 0 Å². The quantitative estimate of drug-likeness (QED) is 0.158. The monoisotopic (exact) mass is 708 g/mol. The summed E-state index contributed by atoms with van der Waals surface area (Å²) in [5.41, 5.74) is 13.6. The Kier molecular flexibility index (Phi) is 8.64. The number of hydrogen-bond donors (Lipinski definition) is 0. The van der Waals surface area contributed by atoms with Gasteiger partial charge >= 0.3 is 0 Å². The molecule has 2 saturated carbocycles. The molecule has 0 aliphatic heterocycles. The second-order valence-electron chi connectivity index (χ2n) is 15.1. The lowest BCUT2D eigenvalue weighted by molar-refractivity contribution is 0.420. The Balaban J connectivity index is 0.976. The molecule has 4 nitrogen and oxygen atoms in total. The van der Waals surface area contributed by atoms with E-state index in [1.54, 1.807) is 0 Å². The first-order valence-corrected chi connectivity index (χ1v) is 19.5. The van der Waals surface area contributed by atoms with E-state index < -0.39 is 0 Å². The van der Waals surface area contributed by atoms with Crippen LogP contribution >= 0.6 is 0 Å². The molecule has 2 aromatic heterocycles. The number of benzene rings is 6. The van der Waals surface area contributed by atoms with Gasteiger partial charge in [-0.15, -0.1) is 0 Å². The van der Waals surface area contributed by atoms with Crippen molar-refractivity contribution in [3.05, 3.63) is 181 Å². The molecular weight excluding hydrogens is 669 g/mol. The van der Waals surface area contributed by atoms with Crippen LogP contribution in [0.25, 0.3) is 78.9 Å². The second kappa shape index (κ2) is 14.4. The minimum absolute atomic E-state index is 0.698. The van der Waals surface area contributed by atoms with Crippen molar-refractivity contribution < 1.29 is 0 Å². The Morgan fingerprint density at radius 1 is 0.327 bits per heavy atom. The lowest BCUT2D eigenvalue weighted by Gasteiger charge is -2.22. The van der Waals surface area contributed by atoms with Crippen LogP contribution in [0.2, 0.25) is 0 Å². The summed E-state index contributed by atoms with van der Waals surface area (Å²) in [6.45, 7) is 0. The number of fused-ring (bicyclic) bond motifs is 2. The summed E-state index contributed by atoms with van der Waals surface area (Å²) in [7, 11) is 0. The van der Waals surface area contributed by atoms with Crippen LogP contribution in [0, 0.1) is 11.8 Å². The van der Waals surface area contributed by atoms with E-state index in [9.17, 15) is 0 Å². The highest BCUT2D eigenvalue weighted by molar-refractivity contribution is 5.77. The predicted molar refractivity (Wildman–Crippen MR) is 224 cm³/mol. The zero-order valence-corrected chi connectivity index (χ0v) is 30.6. The molecule has 0 radical (unpaired) electrons. The van der Waals surface area contributed by atoms with E-state index >= 15 is 0 Å². The van der Waals surface area contributed by atoms with Crippen molar-refractivity contribution in [2.45, 2.75) is 31.6 Å². The van der Waals surface area contributed by atoms with Gasteiger partial charge in [0, 0.05) is 33.4 Å². The van der Waals surface area contributed by atoms with E-state index in [2.05, 4.69) is 121 Å². The standard InChI is InChI=1S/C51H40N4/c1-4-11-37(12-5-1)46-32-47(38-13-6-2-7-14-38)55-51(54-46)44-18-10-17-42(31-44)35-21-25-39(26-22-35)48-33-49(53-50(52-48)41-15-8-3-9-16-41)40-27-23-36(24-28-40)45-30-34-19-20-43(45)29-34/h1-18,21-28,31-34,43,45H,19-20,29-30H2. The van der Waals surface area contributed by atoms with Crippen molar-refractivity contribution in [1.82, 2.24) is 19.9 Å². The molecular formula is C51H40N4. The van der Waals surface area contributed by atoms with Gasteiger partial charge in [0.25, 0.3) is 0 Å². The molecule has 6 aromatic carbocycles. The van der Waals surface area contributed by atoms with Crippen LogP contribution in [0.4, 0.5) is 0 Å². The highest BCUT2D eigenvalue weighted by atomic mass is 14.9. The normalized spacial score (nSPS) is 17.3. The first-order valence-electron chi connectivity index (χ1n) is 19.5. The predicted octanol–water partition coefficient (Wildman–Crippen LogP) is 12.8. The largest absolute Gasteiger partial charge is 0.228 e. The maximum atomic E-state index is 5.10. The van der Waals surface area contributed by atoms with Crippen LogP contribution in [-0.2, 0) is 0 Å². The first-order chi connectivity index (χ1) is 27.2. The Hall–Kier alpha value is -6.52. The van der Waals surface area contributed by atoms with E-state index in [0.29, 0.717) is 11.7 Å². The van der Waals surface area contributed by atoms with Gasteiger partial charge in [0.1, 0.15) is 0 Å². The van der Waals surface area contributed by atoms with Gasteiger partial charge in [-0.05, 0) is 71.9 Å². The average Bonchev–Trinajstić information content (AvgIpc) is 3.92. The zero-order valence-electron chi connectivity index (χ0n) is 30.6. The van der Waals surface area contributed by atoms with Gasteiger partial charge in [-0.2, -0.15) is 0 Å². The molecule has 0 N–H and O–H groups in total. The van der Waals surface area contributed by atoms with Gasteiger partial charge < -0.3 is 0 Å². The van der Waals surface area contributed by atoms with Crippen molar-refractivity contribution in [2.24, 2.45) is 11.8 Å². The Morgan fingerprint density at radius 3 is 1.27 bits per heavy atom. The summed E-state index contributed by atoms with van der Waals surface area (Å²) in [5.74, 6) is 3.94. The molecule has 0 amide bonds. The van der Waals surface area contributed by atoms with Crippen molar-refractivity contribution in [2.75, 3.05) is 0 Å². The lowest BCUT2D eigenvalue weighted by Crippen LogP contribution is -2.08. The molecule has 8 aromatic rings. The first kappa shape index (κ1) is 33.1. The van der Waals surface area contributed by atoms with Crippen LogP contribution in [0.3, 0.4) is 0 Å². The Bertz CT molecular complexity index is 2530. The van der Waals surface area contributed by atoms with Crippen LogP contribution in [0.15, 0.2) is 176 Å². The van der Waals surface area contributed by atoms with Gasteiger partial charge in [-0.25, -0.2) is 19.9 Å². The Morgan fingerprint density at radius 2 is 0.764 bits per heavy atom. The minimum Gasteiger partial charge on any atom is -0.228 e. The van der Waals surface area contributed by atoms with Crippen molar-refractivity contribution in [3.8, 4) is 78.9 Å². The fraction of sp³-hybridized carbons (Fsp3) is 0.137. The van der Waals surface area contributed by atoms with E-state index in [0.717, 1.165) is 84.9 Å². The van der Waals surface area contributed by atoms with Gasteiger partial charge in [-0.1, -0.05) is 164 Å². The van der Waals surface area contributed by atoms with Crippen LogP contribution < -0.4 is 0 Å². The molecule has 10 rings (SSSR count). The molecule has 0 saturated heterocycles. The lowest BCUT2D eigenvalue weighted by atomic mass is 9.83. The average molecular weight is 709 g/mol. The van der Waals surface area contributed by atoms with Gasteiger partial charge in [0.05, 0.1) is 22.8 Å². The topological polar surface area (TPSA) is 51.6 Å². The molecule has 55 heavy (non-hydrogen) atoms. The van der Waals surface area contributed by atoms with Crippen LogP contribution in [0.1, 0.15) is 37.2 Å². The molecule has 2 aliphatic carbocycles. The maximum Gasteiger partial charge on any atom is 0.160 e. The van der Waals surface area contributed by atoms with E-state index in [1.165, 1.54) is 31.2 Å². The third kappa shape index (κ3) is 6.77. The third-order valence-corrected chi connectivity index (χ3v) is 11.6. The maximum absolute atomic E-state index is 5.10. The smallest absolute Gasteiger partial charge is 0.160 e. The van der Waals surface area contributed by atoms with Crippen LogP contribution in [-0.4, -0.2) is 19.9 Å². The van der Waals surface area contributed by atoms with Gasteiger partial charge in [0.2, 0.25) is 0 Å². The summed E-state index contributed by atoms with van der Waals surface area (Å²) >= 11 is 0. The number of rotatable bonds is 8. The minimum atomic E-state index is 0.698. The number of nitrogens with zero attached hydrogens (tertiary/aromatic N) is 4. The molecule has 4 heteroatoms. The fourth-order valence-electron chi connectivity index (χ4n) is 8.77. The summed E-state index contributed by atoms with van der Waals surface area (Å²) in [4.78, 5) is 20.3. The molecule has 2 fully saturated rings.